The second-order valence-corrected chi connectivity index (χ2v) is 5.65. The summed E-state index contributed by atoms with van der Waals surface area (Å²) >= 11 is 3.45. The first-order valence-corrected chi connectivity index (χ1v) is 7.89. The zero-order valence-corrected chi connectivity index (χ0v) is 13.4. The molecule has 0 saturated carbocycles. The topological polar surface area (TPSA) is 3.24 Å². The van der Waals surface area contributed by atoms with Gasteiger partial charge in [0, 0.05) is 17.9 Å². The van der Waals surface area contributed by atoms with E-state index < -0.39 is 0 Å². The first-order chi connectivity index (χ1) is 9.63. The molecule has 0 amide bonds. The van der Waals surface area contributed by atoms with Gasteiger partial charge in [0.2, 0.25) is 0 Å². The highest BCUT2D eigenvalue weighted by Crippen LogP contribution is 2.29. The average Bonchev–Trinajstić information content (AvgIpc) is 2.46. The van der Waals surface area contributed by atoms with Gasteiger partial charge in [0.25, 0.3) is 0 Å². The second kappa shape index (κ2) is 6.89. The van der Waals surface area contributed by atoms with Crippen molar-refractivity contribution in [3.05, 3.63) is 65.5 Å². The predicted molar refractivity (Wildman–Crippen MR) is 86.8 cm³/mol. The summed E-state index contributed by atoms with van der Waals surface area (Å²) in [7, 11) is 0. The largest absolute Gasteiger partial charge is 0.362 e. The van der Waals surface area contributed by atoms with Gasteiger partial charge in [0.05, 0.1) is 5.69 Å². The monoisotopic (exact) mass is 335 g/mol. The Balaban J connectivity index is 2.39. The fourth-order valence-corrected chi connectivity index (χ4v) is 2.74. The van der Waals surface area contributed by atoms with E-state index in [1.54, 1.807) is 6.07 Å². The normalized spacial score (nSPS) is 10.8. The summed E-state index contributed by atoms with van der Waals surface area (Å²) in [5.41, 5.74) is 2.86. The number of rotatable bonds is 5. The lowest BCUT2D eigenvalue weighted by molar-refractivity contribution is 0.596. The second-order valence-electron chi connectivity index (χ2n) is 5.09. The van der Waals surface area contributed by atoms with Gasteiger partial charge in [0.1, 0.15) is 5.82 Å². The Kier molecular flexibility index (Phi) is 5.18. The van der Waals surface area contributed by atoms with Crippen molar-refractivity contribution in [3.8, 4) is 0 Å². The lowest BCUT2D eigenvalue weighted by atomic mass is 10.1. The van der Waals surface area contributed by atoms with Crippen LogP contribution in [0.1, 0.15) is 25.0 Å². The number of halogens is 2. The summed E-state index contributed by atoms with van der Waals surface area (Å²) in [6.07, 6.45) is 0. The number of alkyl halides is 1. The predicted octanol–water partition coefficient (Wildman–Crippen LogP) is 5.14. The Hall–Kier alpha value is -1.35. The number of nitrogens with zero attached hydrogens (tertiary/aromatic N) is 1. The zero-order chi connectivity index (χ0) is 14.5. The van der Waals surface area contributed by atoms with Gasteiger partial charge in [-0.3, -0.25) is 0 Å². The average molecular weight is 336 g/mol. The molecule has 0 spiro atoms. The smallest absolute Gasteiger partial charge is 0.146 e. The van der Waals surface area contributed by atoms with Gasteiger partial charge in [-0.1, -0.05) is 58.4 Å². The van der Waals surface area contributed by atoms with E-state index in [2.05, 4.69) is 46.8 Å². The number of para-hydroxylation sites is 1. The van der Waals surface area contributed by atoms with Crippen molar-refractivity contribution in [2.75, 3.05) is 4.90 Å². The van der Waals surface area contributed by atoms with Crippen LogP contribution < -0.4 is 4.90 Å². The SMILES string of the molecule is CC(C)N(Cc1ccccc1)c1c(F)cccc1CBr. The number of hydrogen-bond acceptors (Lipinski definition) is 1. The lowest BCUT2D eigenvalue weighted by Gasteiger charge is -2.31. The fraction of sp³-hybridized carbons (Fsp3) is 0.294. The molecular weight excluding hydrogens is 317 g/mol. The number of hydrogen-bond donors (Lipinski definition) is 0. The summed E-state index contributed by atoms with van der Waals surface area (Å²) in [5, 5.41) is 0.651. The molecule has 0 aliphatic heterocycles. The Morgan fingerprint density at radius 3 is 2.35 bits per heavy atom. The van der Waals surface area contributed by atoms with Crippen LogP contribution in [0.3, 0.4) is 0 Å². The minimum atomic E-state index is -0.161. The van der Waals surface area contributed by atoms with E-state index in [-0.39, 0.29) is 11.9 Å². The van der Waals surface area contributed by atoms with E-state index in [9.17, 15) is 4.39 Å². The maximum absolute atomic E-state index is 14.3. The molecule has 0 fully saturated rings. The summed E-state index contributed by atoms with van der Waals surface area (Å²) in [4.78, 5) is 2.11. The van der Waals surface area contributed by atoms with Gasteiger partial charge in [-0.05, 0) is 31.0 Å². The molecule has 20 heavy (non-hydrogen) atoms. The third kappa shape index (κ3) is 3.40. The van der Waals surface area contributed by atoms with Crippen molar-refractivity contribution < 1.29 is 4.39 Å². The van der Waals surface area contributed by atoms with E-state index in [1.165, 1.54) is 11.6 Å². The van der Waals surface area contributed by atoms with Crippen molar-refractivity contribution in [3.63, 3.8) is 0 Å². The van der Waals surface area contributed by atoms with E-state index >= 15 is 0 Å². The van der Waals surface area contributed by atoms with Crippen LogP contribution >= 0.6 is 15.9 Å². The van der Waals surface area contributed by atoms with Crippen molar-refractivity contribution in [1.29, 1.82) is 0 Å². The summed E-state index contributed by atoms with van der Waals surface area (Å²) in [6.45, 7) is 4.89. The number of anilines is 1. The van der Waals surface area contributed by atoms with Crippen LogP contribution in [0.4, 0.5) is 10.1 Å². The third-order valence-corrected chi connectivity index (χ3v) is 3.92. The van der Waals surface area contributed by atoms with Gasteiger partial charge in [0.15, 0.2) is 0 Å². The van der Waals surface area contributed by atoms with Crippen molar-refractivity contribution in [1.82, 2.24) is 0 Å². The highest BCUT2D eigenvalue weighted by Gasteiger charge is 2.18. The maximum Gasteiger partial charge on any atom is 0.146 e. The Labute approximate surface area is 128 Å². The molecule has 106 valence electrons. The molecule has 3 heteroatoms. The van der Waals surface area contributed by atoms with E-state index in [0.717, 1.165) is 5.56 Å². The van der Waals surface area contributed by atoms with Crippen molar-refractivity contribution >= 4 is 21.6 Å². The lowest BCUT2D eigenvalue weighted by Crippen LogP contribution is -2.31. The molecule has 0 aliphatic carbocycles. The molecule has 0 heterocycles. The van der Waals surface area contributed by atoms with Gasteiger partial charge >= 0.3 is 0 Å². The Bertz CT molecular complexity index is 554. The minimum absolute atomic E-state index is 0.161. The molecule has 2 aromatic rings. The molecule has 0 unspecified atom stereocenters. The van der Waals surface area contributed by atoms with Crippen LogP contribution in [0, 0.1) is 5.82 Å². The van der Waals surface area contributed by atoms with Gasteiger partial charge in [-0.25, -0.2) is 4.39 Å². The van der Waals surface area contributed by atoms with E-state index in [1.807, 2.05) is 24.3 Å². The molecule has 0 radical (unpaired) electrons. The van der Waals surface area contributed by atoms with Gasteiger partial charge in [-0.2, -0.15) is 0 Å². The molecule has 2 aromatic carbocycles. The summed E-state index contributed by atoms with van der Waals surface area (Å²) in [5.74, 6) is -0.161. The Morgan fingerprint density at radius 2 is 1.75 bits per heavy atom. The molecule has 0 atom stereocenters. The van der Waals surface area contributed by atoms with E-state index in [4.69, 9.17) is 0 Å². The fourth-order valence-electron chi connectivity index (χ4n) is 2.29. The van der Waals surface area contributed by atoms with Crippen LogP contribution in [0.15, 0.2) is 48.5 Å². The van der Waals surface area contributed by atoms with Crippen molar-refractivity contribution in [2.45, 2.75) is 31.8 Å². The molecular formula is C17H19BrFN. The zero-order valence-electron chi connectivity index (χ0n) is 11.8. The Morgan fingerprint density at radius 1 is 1.05 bits per heavy atom. The summed E-state index contributed by atoms with van der Waals surface area (Å²) in [6, 6.07) is 15.7. The first kappa shape index (κ1) is 15.0. The van der Waals surface area contributed by atoms with Crippen LogP contribution in [0.5, 0.6) is 0 Å². The van der Waals surface area contributed by atoms with Crippen LogP contribution in [0.2, 0.25) is 0 Å². The molecule has 0 saturated heterocycles. The molecule has 2 rings (SSSR count). The first-order valence-electron chi connectivity index (χ1n) is 6.77. The van der Waals surface area contributed by atoms with E-state index in [0.29, 0.717) is 17.6 Å². The molecule has 0 N–H and O–H groups in total. The molecule has 1 nitrogen and oxygen atoms in total. The van der Waals surface area contributed by atoms with Crippen molar-refractivity contribution in [2.24, 2.45) is 0 Å². The summed E-state index contributed by atoms with van der Waals surface area (Å²) < 4.78 is 14.3. The standard InChI is InChI=1S/C17H19BrFN/c1-13(2)20(12-14-7-4-3-5-8-14)17-15(11-18)9-6-10-16(17)19/h3-10,13H,11-12H2,1-2H3. The molecule has 0 aliphatic rings. The highest BCUT2D eigenvalue weighted by molar-refractivity contribution is 9.08. The minimum Gasteiger partial charge on any atom is -0.362 e. The third-order valence-electron chi connectivity index (χ3n) is 3.32. The number of benzene rings is 2. The molecule has 0 bridgehead atoms. The molecule has 0 aromatic heterocycles. The van der Waals surface area contributed by atoms with Crippen LogP contribution in [-0.4, -0.2) is 6.04 Å². The van der Waals surface area contributed by atoms with Gasteiger partial charge < -0.3 is 4.90 Å². The van der Waals surface area contributed by atoms with Crippen LogP contribution in [-0.2, 0) is 11.9 Å². The maximum atomic E-state index is 14.3. The quantitative estimate of drug-likeness (QED) is 0.684. The van der Waals surface area contributed by atoms with Gasteiger partial charge in [-0.15, -0.1) is 0 Å². The highest BCUT2D eigenvalue weighted by atomic mass is 79.9. The van der Waals surface area contributed by atoms with Crippen LogP contribution in [0.25, 0.3) is 0 Å².